The summed E-state index contributed by atoms with van der Waals surface area (Å²) in [6, 6.07) is 20.1. The van der Waals surface area contributed by atoms with Crippen LogP contribution in [0.25, 0.3) is 0 Å². The van der Waals surface area contributed by atoms with Crippen molar-refractivity contribution in [3.8, 4) is 5.75 Å². The highest BCUT2D eigenvalue weighted by Gasteiger charge is 2.22. The van der Waals surface area contributed by atoms with E-state index in [0.29, 0.717) is 37.6 Å². The van der Waals surface area contributed by atoms with Gasteiger partial charge in [0.2, 0.25) is 5.91 Å². The van der Waals surface area contributed by atoms with Gasteiger partial charge < -0.3 is 30.1 Å². The lowest BCUT2D eigenvalue weighted by atomic mass is 10.2. The Bertz CT molecular complexity index is 1340. The number of urea groups is 1. The van der Waals surface area contributed by atoms with E-state index in [4.69, 9.17) is 4.74 Å². The molecule has 4 rings (SSSR count). The molecule has 10 heteroatoms. The van der Waals surface area contributed by atoms with Gasteiger partial charge in [-0.15, -0.1) is 6.58 Å². The van der Waals surface area contributed by atoms with Crippen LogP contribution in [0.4, 0.5) is 26.2 Å². The molecule has 1 saturated heterocycles. The third-order valence-electron chi connectivity index (χ3n) is 6.50. The molecule has 0 unspecified atom stereocenters. The first kappa shape index (κ1) is 28.2. The second kappa shape index (κ2) is 13.3. The summed E-state index contributed by atoms with van der Waals surface area (Å²) >= 11 is 0. The Morgan fingerprint density at radius 3 is 2.17 bits per heavy atom. The van der Waals surface area contributed by atoms with Crippen molar-refractivity contribution in [3.63, 3.8) is 0 Å². The standard InChI is InChI=1S/C30H32FN5O4/c1-3-16-36(29(38)26-6-4-5-7-27(26)31)21-28(37)32-22-8-12-24(13-9-22)34-17-19-35(20-18-34)30(39)33-23-10-14-25(40-2)15-11-23/h3-15H,1,16-21H2,2H3,(H,32,37)(H,33,39). The predicted molar refractivity (Wildman–Crippen MR) is 153 cm³/mol. The van der Waals surface area contributed by atoms with Crippen molar-refractivity contribution in [1.82, 2.24) is 9.80 Å². The molecule has 0 saturated carbocycles. The first-order valence-corrected chi connectivity index (χ1v) is 12.9. The van der Waals surface area contributed by atoms with Gasteiger partial charge in [-0.3, -0.25) is 9.59 Å². The average Bonchev–Trinajstić information content (AvgIpc) is 2.97. The van der Waals surface area contributed by atoms with Gasteiger partial charge in [-0.2, -0.15) is 0 Å². The van der Waals surface area contributed by atoms with E-state index in [2.05, 4.69) is 22.1 Å². The molecule has 3 aromatic carbocycles. The third kappa shape index (κ3) is 7.16. The zero-order valence-electron chi connectivity index (χ0n) is 22.3. The van der Waals surface area contributed by atoms with E-state index in [0.717, 1.165) is 11.4 Å². The van der Waals surface area contributed by atoms with E-state index in [1.165, 1.54) is 29.2 Å². The summed E-state index contributed by atoms with van der Waals surface area (Å²) in [5.41, 5.74) is 2.15. The minimum Gasteiger partial charge on any atom is -0.497 e. The topological polar surface area (TPSA) is 94.2 Å². The van der Waals surface area contributed by atoms with E-state index < -0.39 is 17.6 Å². The van der Waals surface area contributed by atoms with Gasteiger partial charge in [-0.25, -0.2) is 9.18 Å². The van der Waals surface area contributed by atoms with Crippen LogP contribution in [-0.2, 0) is 4.79 Å². The molecular formula is C30H32FN5O4. The molecule has 3 aromatic rings. The van der Waals surface area contributed by atoms with Crippen LogP contribution in [0.1, 0.15) is 10.4 Å². The Morgan fingerprint density at radius 1 is 0.925 bits per heavy atom. The highest BCUT2D eigenvalue weighted by Crippen LogP contribution is 2.21. The molecule has 1 aliphatic rings. The Hall–Kier alpha value is -4.86. The van der Waals surface area contributed by atoms with Gasteiger partial charge >= 0.3 is 6.03 Å². The molecule has 1 aliphatic heterocycles. The summed E-state index contributed by atoms with van der Waals surface area (Å²) in [4.78, 5) is 43.3. The lowest BCUT2D eigenvalue weighted by molar-refractivity contribution is -0.116. The molecule has 1 heterocycles. The van der Waals surface area contributed by atoms with Crippen LogP contribution in [-0.4, -0.2) is 74.0 Å². The average molecular weight is 546 g/mol. The number of amides is 4. The SMILES string of the molecule is C=CCN(CC(=O)Nc1ccc(N2CCN(C(=O)Nc3ccc(OC)cc3)CC2)cc1)C(=O)c1ccccc1F. The van der Waals surface area contributed by atoms with Gasteiger partial charge in [0.05, 0.1) is 12.7 Å². The molecule has 0 atom stereocenters. The van der Waals surface area contributed by atoms with Crippen molar-refractivity contribution >= 4 is 34.9 Å². The number of nitrogens with zero attached hydrogens (tertiary/aromatic N) is 3. The molecule has 2 N–H and O–H groups in total. The molecule has 0 radical (unpaired) electrons. The smallest absolute Gasteiger partial charge is 0.321 e. The van der Waals surface area contributed by atoms with Gasteiger partial charge in [-0.1, -0.05) is 18.2 Å². The largest absolute Gasteiger partial charge is 0.497 e. The first-order chi connectivity index (χ1) is 19.4. The molecule has 0 spiro atoms. The molecule has 4 amide bonds. The summed E-state index contributed by atoms with van der Waals surface area (Å²) in [6.07, 6.45) is 1.49. The quantitative estimate of drug-likeness (QED) is 0.388. The predicted octanol–water partition coefficient (Wildman–Crippen LogP) is 4.46. The third-order valence-corrected chi connectivity index (χ3v) is 6.50. The maximum absolute atomic E-state index is 14.1. The number of hydrogen-bond donors (Lipinski definition) is 2. The molecule has 0 bridgehead atoms. The number of carbonyl (C=O) groups is 3. The number of methoxy groups -OCH3 is 1. The number of benzene rings is 3. The number of anilines is 3. The van der Waals surface area contributed by atoms with Gasteiger partial charge in [-0.05, 0) is 60.7 Å². The van der Waals surface area contributed by atoms with E-state index in [1.54, 1.807) is 54.5 Å². The minimum absolute atomic E-state index is 0.0974. The summed E-state index contributed by atoms with van der Waals surface area (Å²) < 4.78 is 19.2. The number of rotatable bonds is 9. The van der Waals surface area contributed by atoms with Crippen LogP contribution in [0.5, 0.6) is 5.75 Å². The van der Waals surface area contributed by atoms with Gasteiger partial charge in [0.15, 0.2) is 0 Å². The highest BCUT2D eigenvalue weighted by molar-refractivity contribution is 5.99. The fraction of sp³-hybridized carbons (Fsp3) is 0.233. The number of hydrogen-bond acceptors (Lipinski definition) is 5. The lowest BCUT2D eigenvalue weighted by Gasteiger charge is -2.36. The van der Waals surface area contributed by atoms with E-state index in [1.807, 2.05) is 12.1 Å². The van der Waals surface area contributed by atoms with Crippen LogP contribution < -0.4 is 20.3 Å². The zero-order chi connectivity index (χ0) is 28.5. The Balaban J connectivity index is 1.27. The maximum Gasteiger partial charge on any atom is 0.321 e. The lowest BCUT2D eigenvalue weighted by Crippen LogP contribution is -2.50. The maximum atomic E-state index is 14.1. The second-order valence-electron chi connectivity index (χ2n) is 9.18. The Kier molecular flexibility index (Phi) is 9.35. The van der Waals surface area contributed by atoms with Crippen molar-refractivity contribution in [1.29, 1.82) is 0 Å². The summed E-state index contributed by atoms with van der Waals surface area (Å²) in [6.45, 7) is 5.94. The Morgan fingerprint density at radius 2 is 1.55 bits per heavy atom. The van der Waals surface area contributed by atoms with Crippen LogP contribution in [0, 0.1) is 5.82 Å². The molecule has 9 nitrogen and oxygen atoms in total. The van der Waals surface area contributed by atoms with Crippen molar-refractivity contribution in [3.05, 3.63) is 96.8 Å². The van der Waals surface area contributed by atoms with E-state index in [9.17, 15) is 18.8 Å². The van der Waals surface area contributed by atoms with Gasteiger partial charge in [0.25, 0.3) is 5.91 Å². The molecule has 0 aromatic heterocycles. The number of halogens is 1. The van der Waals surface area contributed by atoms with Gasteiger partial charge in [0, 0.05) is 49.8 Å². The van der Waals surface area contributed by atoms with Crippen molar-refractivity contribution in [2.75, 3.05) is 61.9 Å². The molecule has 1 fully saturated rings. The van der Waals surface area contributed by atoms with E-state index in [-0.39, 0.29) is 24.7 Å². The number of ether oxygens (including phenoxy) is 1. The number of piperazine rings is 1. The second-order valence-corrected chi connectivity index (χ2v) is 9.18. The number of carbonyl (C=O) groups excluding carboxylic acids is 3. The van der Waals surface area contributed by atoms with Gasteiger partial charge in [0.1, 0.15) is 18.1 Å². The minimum atomic E-state index is -0.642. The molecular weight excluding hydrogens is 513 g/mol. The fourth-order valence-corrected chi connectivity index (χ4v) is 4.35. The van der Waals surface area contributed by atoms with Crippen molar-refractivity contribution in [2.45, 2.75) is 0 Å². The molecule has 40 heavy (non-hydrogen) atoms. The van der Waals surface area contributed by atoms with Crippen molar-refractivity contribution in [2.24, 2.45) is 0 Å². The van der Waals surface area contributed by atoms with E-state index >= 15 is 0 Å². The molecule has 0 aliphatic carbocycles. The van der Waals surface area contributed by atoms with Crippen LogP contribution in [0.15, 0.2) is 85.5 Å². The summed E-state index contributed by atoms with van der Waals surface area (Å²) in [5, 5.41) is 5.69. The fourth-order valence-electron chi connectivity index (χ4n) is 4.35. The highest BCUT2D eigenvalue weighted by atomic mass is 19.1. The number of nitrogens with one attached hydrogen (secondary N) is 2. The summed E-state index contributed by atoms with van der Waals surface area (Å²) in [7, 11) is 1.59. The first-order valence-electron chi connectivity index (χ1n) is 12.9. The van der Waals surface area contributed by atoms with Crippen LogP contribution >= 0.6 is 0 Å². The summed E-state index contributed by atoms with van der Waals surface area (Å²) in [5.74, 6) is -0.908. The van der Waals surface area contributed by atoms with Crippen molar-refractivity contribution < 1.29 is 23.5 Å². The Labute approximate surface area is 232 Å². The zero-order valence-corrected chi connectivity index (χ0v) is 22.3. The van der Waals surface area contributed by atoms with Crippen LogP contribution in [0.3, 0.4) is 0 Å². The normalized spacial score (nSPS) is 12.8. The van der Waals surface area contributed by atoms with Crippen LogP contribution in [0.2, 0.25) is 0 Å². The molecule has 208 valence electrons. The monoisotopic (exact) mass is 545 g/mol.